The number of halogens is 1. The van der Waals surface area contributed by atoms with Gasteiger partial charge in [0.15, 0.2) is 11.0 Å². The van der Waals surface area contributed by atoms with Gasteiger partial charge in [-0.3, -0.25) is 4.79 Å². The molecule has 1 fully saturated rings. The minimum atomic E-state index is -0.192. The number of carbonyl (C=O) groups is 1. The maximum atomic E-state index is 12.1. The number of aromatic nitrogens is 3. The summed E-state index contributed by atoms with van der Waals surface area (Å²) in [5.41, 5.74) is 0.964. The monoisotopic (exact) mass is 350 g/mol. The Morgan fingerprint density at radius 3 is 2.70 bits per heavy atom. The lowest BCUT2D eigenvalue weighted by molar-refractivity contribution is -0.120. The van der Waals surface area contributed by atoms with E-state index in [0.29, 0.717) is 11.1 Å². The molecule has 1 aliphatic carbocycles. The lowest BCUT2D eigenvalue weighted by atomic mass is 10.2. The summed E-state index contributed by atoms with van der Waals surface area (Å²) >= 11 is 7.38. The topological polar surface area (TPSA) is 59.8 Å². The number of nitrogens with zero attached hydrogens (tertiary/aromatic N) is 3. The second kappa shape index (κ2) is 6.93. The van der Waals surface area contributed by atoms with E-state index in [1.807, 2.05) is 42.7 Å². The third-order valence-corrected chi connectivity index (χ3v) is 5.04. The van der Waals surface area contributed by atoms with Gasteiger partial charge in [-0.15, -0.1) is 10.2 Å². The first-order chi connectivity index (χ1) is 11.1. The number of thioether (sulfide) groups is 1. The lowest BCUT2D eigenvalue weighted by Gasteiger charge is -2.12. The van der Waals surface area contributed by atoms with Crippen molar-refractivity contribution in [2.45, 2.75) is 49.7 Å². The predicted molar refractivity (Wildman–Crippen MR) is 92.6 cm³/mol. The highest BCUT2D eigenvalue weighted by Gasteiger charge is 2.27. The van der Waals surface area contributed by atoms with Crippen LogP contribution in [0.2, 0.25) is 5.02 Å². The van der Waals surface area contributed by atoms with Gasteiger partial charge in [0.05, 0.1) is 5.25 Å². The van der Waals surface area contributed by atoms with Crippen molar-refractivity contribution in [1.29, 1.82) is 0 Å². The van der Waals surface area contributed by atoms with Crippen molar-refractivity contribution >= 4 is 29.3 Å². The van der Waals surface area contributed by atoms with Gasteiger partial charge in [0, 0.05) is 23.2 Å². The zero-order valence-corrected chi connectivity index (χ0v) is 14.7. The number of benzene rings is 1. The molecular formula is C16H19ClN4OS. The van der Waals surface area contributed by atoms with Crippen molar-refractivity contribution in [3.05, 3.63) is 29.3 Å². The molecule has 1 N–H and O–H groups in total. The highest BCUT2D eigenvalue weighted by Crippen LogP contribution is 2.28. The maximum Gasteiger partial charge on any atom is 0.233 e. The Balaban J connectivity index is 1.77. The zero-order chi connectivity index (χ0) is 16.4. The van der Waals surface area contributed by atoms with E-state index in [0.717, 1.165) is 35.9 Å². The molecule has 0 radical (unpaired) electrons. The van der Waals surface area contributed by atoms with Crippen LogP contribution in [0, 0.1) is 0 Å². The minimum absolute atomic E-state index is 0.0659. The Morgan fingerprint density at radius 1 is 1.39 bits per heavy atom. The van der Waals surface area contributed by atoms with Crippen molar-refractivity contribution in [3.63, 3.8) is 0 Å². The summed E-state index contributed by atoms with van der Waals surface area (Å²) in [4.78, 5) is 12.1. The highest BCUT2D eigenvalue weighted by atomic mass is 35.5. The normalized spacial score (nSPS) is 15.4. The molecule has 1 amide bonds. The Morgan fingerprint density at radius 2 is 2.09 bits per heavy atom. The quantitative estimate of drug-likeness (QED) is 0.811. The number of nitrogens with one attached hydrogen (secondary N) is 1. The molecule has 3 rings (SSSR count). The molecule has 23 heavy (non-hydrogen) atoms. The van der Waals surface area contributed by atoms with E-state index in [-0.39, 0.29) is 11.2 Å². The Kier molecular flexibility index (Phi) is 4.92. The molecule has 7 heteroatoms. The van der Waals surface area contributed by atoms with Crippen LogP contribution in [0.5, 0.6) is 0 Å². The van der Waals surface area contributed by atoms with Crippen LogP contribution in [0.4, 0.5) is 0 Å². The number of rotatable bonds is 6. The van der Waals surface area contributed by atoms with E-state index in [1.165, 1.54) is 11.8 Å². The summed E-state index contributed by atoms with van der Waals surface area (Å²) in [5, 5.41) is 12.8. The SMILES string of the molecule is CCn1c(S[C@@H](C)C(=O)NC2CC2)nnc1-c1ccc(Cl)cc1. The summed E-state index contributed by atoms with van der Waals surface area (Å²) in [6.07, 6.45) is 2.18. The maximum absolute atomic E-state index is 12.1. The highest BCUT2D eigenvalue weighted by molar-refractivity contribution is 8.00. The molecule has 0 spiro atoms. The molecule has 1 aromatic carbocycles. The van der Waals surface area contributed by atoms with Crippen LogP contribution in [0.1, 0.15) is 26.7 Å². The molecule has 2 aromatic rings. The number of hydrogen-bond acceptors (Lipinski definition) is 4. The van der Waals surface area contributed by atoms with Gasteiger partial charge in [0.25, 0.3) is 0 Å². The fourth-order valence-electron chi connectivity index (χ4n) is 2.23. The van der Waals surface area contributed by atoms with Gasteiger partial charge in [0.1, 0.15) is 0 Å². The summed E-state index contributed by atoms with van der Waals surface area (Å²) < 4.78 is 2.02. The average Bonchev–Trinajstić information content (AvgIpc) is 3.26. The van der Waals surface area contributed by atoms with Crippen LogP contribution >= 0.6 is 23.4 Å². The number of carbonyl (C=O) groups excluding carboxylic acids is 1. The van der Waals surface area contributed by atoms with E-state index < -0.39 is 0 Å². The second-order valence-corrected chi connectivity index (χ2v) is 7.34. The Hall–Kier alpha value is -1.53. The smallest absolute Gasteiger partial charge is 0.233 e. The summed E-state index contributed by atoms with van der Waals surface area (Å²) in [7, 11) is 0. The van der Waals surface area contributed by atoms with Gasteiger partial charge in [-0.25, -0.2) is 0 Å². The van der Waals surface area contributed by atoms with E-state index in [9.17, 15) is 4.79 Å². The van der Waals surface area contributed by atoms with E-state index in [1.54, 1.807) is 0 Å². The molecule has 1 atom stereocenters. The molecule has 1 heterocycles. The number of hydrogen-bond donors (Lipinski definition) is 1. The van der Waals surface area contributed by atoms with E-state index >= 15 is 0 Å². The Bertz CT molecular complexity index is 697. The Labute approximate surface area is 144 Å². The van der Waals surface area contributed by atoms with Crippen LogP contribution in [-0.4, -0.2) is 32.0 Å². The molecule has 1 saturated carbocycles. The molecule has 122 valence electrons. The molecule has 1 aromatic heterocycles. The third kappa shape index (κ3) is 3.87. The fraction of sp³-hybridized carbons (Fsp3) is 0.438. The van der Waals surface area contributed by atoms with Crippen LogP contribution in [0.3, 0.4) is 0 Å². The van der Waals surface area contributed by atoms with Crippen molar-refractivity contribution in [2.24, 2.45) is 0 Å². The first kappa shape index (κ1) is 16.3. The predicted octanol–water partition coefficient (Wildman–Crippen LogP) is 3.38. The second-order valence-electron chi connectivity index (χ2n) is 5.60. The van der Waals surface area contributed by atoms with Gasteiger partial charge < -0.3 is 9.88 Å². The average molecular weight is 351 g/mol. The van der Waals surface area contributed by atoms with Gasteiger partial charge in [-0.1, -0.05) is 23.4 Å². The van der Waals surface area contributed by atoms with Crippen molar-refractivity contribution in [3.8, 4) is 11.4 Å². The van der Waals surface area contributed by atoms with E-state index in [4.69, 9.17) is 11.6 Å². The summed E-state index contributed by atoms with van der Waals surface area (Å²) in [6, 6.07) is 7.90. The van der Waals surface area contributed by atoms with Crippen molar-refractivity contribution in [1.82, 2.24) is 20.1 Å². The molecule has 0 saturated heterocycles. The first-order valence-electron chi connectivity index (χ1n) is 7.74. The van der Waals surface area contributed by atoms with Crippen LogP contribution in [0.15, 0.2) is 29.4 Å². The van der Waals surface area contributed by atoms with Crippen LogP contribution < -0.4 is 5.32 Å². The molecule has 0 aliphatic heterocycles. The van der Waals surface area contributed by atoms with Crippen molar-refractivity contribution in [2.75, 3.05) is 0 Å². The molecule has 0 bridgehead atoms. The molecule has 0 unspecified atom stereocenters. The number of amides is 1. The standard InChI is InChI=1S/C16H19ClN4OS/c1-3-21-14(11-4-6-12(17)7-5-11)19-20-16(21)23-10(2)15(22)18-13-8-9-13/h4-7,10,13H,3,8-9H2,1-2H3,(H,18,22)/t10-/m0/s1. The van der Waals surface area contributed by atoms with E-state index in [2.05, 4.69) is 15.5 Å². The van der Waals surface area contributed by atoms with Crippen LogP contribution in [0.25, 0.3) is 11.4 Å². The summed E-state index contributed by atoms with van der Waals surface area (Å²) in [5.74, 6) is 0.859. The lowest BCUT2D eigenvalue weighted by Crippen LogP contribution is -2.32. The van der Waals surface area contributed by atoms with Gasteiger partial charge in [-0.2, -0.15) is 0 Å². The fourth-order valence-corrected chi connectivity index (χ4v) is 3.28. The van der Waals surface area contributed by atoms with Gasteiger partial charge in [0.2, 0.25) is 5.91 Å². The largest absolute Gasteiger partial charge is 0.352 e. The molecule has 1 aliphatic rings. The van der Waals surface area contributed by atoms with Crippen molar-refractivity contribution < 1.29 is 4.79 Å². The minimum Gasteiger partial charge on any atom is -0.352 e. The third-order valence-electron chi connectivity index (χ3n) is 3.71. The zero-order valence-electron chi connectivity index (χ0n) is 13.1. The summed E-state index contributed by atoms with van der Waals surface area (Å²) in [6.45, 7) is 4.69. The molecular weight excluding hydrogens is 332 g/mol. The molecule has 5 nitrogen and oxygen atoms in total. The van der Waals surface area contributed by atoms with Gasteiger partial charge >= 0.3 is 0 Å². The van der Waals surface area contributed by atoms with Crippen LogP contribution in [-0.2, 0) is 11.3 Å². The van der Waals surface area contributed by atoms with Gasteiger partial charge in [-0.05, 0) is 51.0 Å². The first-order valence-corrected chi connectivity index (χ1v) is 9.00.